The van der Waals surface area contributed by atoms with Crippen LogP contribution < -0.4 is 10.2 Å². The van der Waals surface area contributed by atoms with Crippen molar-refractivity contribution in [2.75, 3.05) is 0 Å². The average Bonchev–Trinajstić information content (AvgIpc) is 3.14. The second-order valence-corrected chi connectivity index (χ2v) is 17.5. The van der Waals surface area contributed by atoms with Crippen LogP contribution in [0.2, 0.25) is 0 Å². The van der Waals surface area contributed by atoms with E-state index in [1.165, 1.54) is 0 Å². The minimum Gasteiger partial charge on any atom is 2.00 e. The molecule has 0 N–H and O–H groups in total. The third kappa shape index (κ3) is 30.7. The molecule has 0 bridgehead atoms. The summed E-state index contributed by atoms with van der Waals surface area (Å²) in [6, 6.07) is 34.5. The van der Waals surface area contributed by atoms with Crippen molar-refractivity contribution in [2.24, 2.45) is 0 Å². The summed E-state index contributed by atoms with van der Waals surface area (Å²) >= 11 is 0. The van der Waals surface area contributed by atoms with E-state index in [4.69, 9.17) is 0 Å². The topological polar surface area (TPSA) is 104 Å². The van der Waals surface area contributed by atoms with Crippen molar-refractivity contribution in [3.05, 3.63) is 179 Å². The molecule has 0 spiro atoms. The number of benzene rings is 2. The van der Waals surface area contributed by atoms with Crippen molar-refractivity contribution >= 4 is 15.6 Å². The minimum absolute atomic E-state index is 0. The summed E-state index contributed by atoms with van der Waals surface area (Å²) < 4.78 is 118. The first-order valence-corrected chi connectivity index (χ1v) is 22.1. The molecule has 0 aliphatic carbocycles. The maximum atomic E-state index is 12.2. The van der Waals surface area contributed by atoms with Gasteiger partial charge in [0.2, 0.25) is 0 Å². The van der Waals surface area contributed by atoms with Gasteiger partial charge in [-0.3, -0.25) is 29.7 Å². The van der Waals surface area contributed by atoms with Crippen molar-refractivity contribution < 1.29 is 94.7 Å². The van der Waals surface area contributed by atoms with Gasteiger partial charge in [0.15, 0.2) is 0 Å². The fourth-order valence-electron chi connectivity index (χ4n) is 5.36. The second-order valence-electron chi connectivity index (χ2n) is 13.7. The number of hydrogen-bond acceptors (Lipinski definition) is 8. The quantitative estimate of drug-likeness (QED) is 0.0678. The van der Waals surface area contributed by atoms with Crippen LogP contribution in [0, 0.1) is 13.8 Å². The molecule has 0 fully saturated rings. The first kappa shape index (κ1) is 57.6. The van der Waals surface area contributed by atoms with E-state index in [9.17, 15) is 60.6 Å². The number of hydrogen-bond donors (Lipinski definition) is 0. The van der Waals surface area contributed by atoms with Crippen LogP contribution in [0.3, 0.4) is 0 Å². The molecular weight excluding hydrogens is 1010 g/mol. The van der Waals surface area contributed by atoms with Crippen molar-refractivity contribution in [1.29, 1.82) is 0 Å². The maximum absolute atomic E-state index is 12.2. The number of nitrogens with zero attached hydrogens (tertiary/aromatic N) is 6. The van der Waals surface area contributed by atoms with E-state index in [0.29, 0.717) is 39.3 Å². The van der Waals surface area contributed by atoms with Gasteiger partial charge in [-0.2, -0.15) is 0 Å². The Morgan fingerprint density at radius 3 is 0.828 bits per heavy atom. The summed E-state index contributed by atoms with van der Waals surface area (Å²) in [4.78, 5) is 22.0. The van der Waals surface area contributed by atoms with E-state index >= 15 is 0 Å². The summed E-state index contributed by atoms with van der Waals surface area (Å²) in [6.07, 6.45) is 7.17. The third-order valence-corrected chi connectivity index (χ3v) is 7.67. The van der Waals surface area contributed by atoms with Crippen LogP contribution in [0.25, 0.3) is 0 Å². The average molecular weight is 1050 g/mol. The second kappa shape index (κ2) is 22.2. The van der Waals surface area contributed by atoms with Crippen LogP contribution in [-0.2, 0) is 73.4 Å². The summed E-state index contributed by atoms with van der Waals surface area (Å²) in [7, 11) is -21.3. The van der Waals surface area contributed by atoms with Gasteiger partial charge < -0.3 is 10.2 Å². The Bertz CT molecular complexity index is 2050. The molecule has 4 heterocycles. The first-order chi connectivity index (χ1) is 28.3. The molecule has 0 aliphatic rings. The monoisotopic (exact) mass is 1050 g/mol. The van der Waals surface area contributed by atoms with Crippen LogP contribution in [-0.4, -0.2) is 29.7 Å². The van der Waals surface area contributed by atoms with Crippen molar-refractivity contribution in [3.63, 3.8) is 0 Å². The molecule has 2 radical (unpaired) electrons. The Balaban J connectivity index is 0.000000483. The number of aryl methyl sites for hydroxylation is 2. The van der Waals surface area contributed by atoms with Crippen LogP contribution in [0.15, 0.2) is 134 Å². The first-order valence-electron chi connectivity index (χ1n) is 18.0. The number of halogens is 12. The SMILES string of the molecule is Cc1ccc([O-])c(CN(Cc2ccccn2)Cc2ccccn2)c1.Cc1ccc([O-])c(CN(Cc2ccccn2)Cc2ccccn2)c1.F[P-](F)(F)(F)(F)F.F[P-](F)(F)(F)(F)F.[Cu+2].[Cu+2]. The third-order valence-electron chi connectivity index (χ3n) is 7.67. The molecule has 0 atom stereocenters. The Hall–Kier alpha value is -4.38. The normalized spacial score (nSPS) is 13.2. The van der Waals surface area contributed by atoms with Gasteiger partial charge in [-0.15, -0.1) is 11.5 Å². The Morgan fingerprint density at radius 2 is 0.625 bits per heavy atom. The molecular formula is C40H40Cu2F12N6O2P2. The number of rotatable bonds is 12. The summed E-state index contributed by atoms with van der Waals surface area (Å²) in [6.45, 7) is 7.85. The molecule has 0 aliphatic heterocycles. The standard InChI is InChI=1S/2C20H21N3O.2Cu.2F6P/c2*1-16-8-9-20(24)17(12-16)13-23(14-18-6-2-4-10-21-18)15-19-7-3-5-11-22-19;;;2*1-7(2,3,4,5)6/h2*2-12,24H,13-15H2,1H3;;;;/q;;2*+2;2*-1/p-2. The van der Waals surface area contributed by atoms with E-state index in [0.717, 1.165) is 45.0 Å². The van der Waals surface area contributed by atoms with E-state index < -0.39 is 15.6 Å². The molecule has 0 amide bonds. The predicted octanol–water partition coefficient (Wildman–Crippen LogP) is 12.9. The van der Waals surface area contributed by atoms with Gasteiger partial charge in [-0.1, -0.05) is 71.8 Å². The van der Waals surface area contributed by atoms with Crippen LogP contribution >= 0.6 is 15.6 Å². The number of aromatic nitrogens is 4. The van der Waals surface area contributed by atoms with Gasteiger partial charge in [0.25, 0.3) is 0 Å². The summed E-state index contributed by atoms with van der Waals surface area (Å²) in [5.74, 6) is 0.153. The molecule has 358 valence electrons. The molecule has 6 rings (SSSR count). The van der Waals surface area contributed by atoms with E-state index in [1.54, 1.807) is 36.9 Å². The van der Waals surface area contributed by atoms with Gasteiger partial charge in [0.1, 0.15) is 0 Å². The predicted molar refractivity (Wildman–Crippen MR) is 211 cm³/mol. The molecule has 64 heavy (non-hydrogen) atoms. The van der Waals surface area contributed by atoms with Gasteiger partial charge in [0.05, 0.1) is 22.8 Å². The van der Waals surface area contributed by atoms with Crippen molar-refractivity contribution in [2.45, 2.75) is 53.1 Å². The molecule has 6 aromatic rings. The van der Waals surface area contributed by atoms with Crippen molar-refractivity contribution in [3.8, 4) is 11.5 Å². The molecule has 4 aromatic heterocycles. The van der Waals surface area contributed by atoms with Gasteiger partial charge in [0, 0.05) is 64.1 Å². The van der Waals surface area contributed by atoms with Crippen LogP contribution in [0.5, 0.6) is 11.5 Å². The van der Waals surface area contributed by atoms with Crippen LogP contribution in [0.1, 0.15) is 45.0 Å². The fraction of sp³-hybridized carbons (Fsp3) is 0.200. The zero-order valence-electron chi connectivity index (χ0n) is 33.5. The zero-order valence-corrected chi connectivity index (χ0v) is 37.1. The largest absolute Gasteiger partial charge is 2.00 e. The van der Waals surface area contributed by atoms with Gasteiger partial charge in [-0.25, -0.2) is 0 Å². The smallest absolute Gasteiger partial charge is 2.00 e. The van der Waals surface area contributed by atoms with Crippen LogP contribution in [0.4, 0.5) is 50.4 Å². The Morgan fingerprint density at radius 1 is 0.391 bits per heavy atom. The van der Waals surface area contributed by atoms with Crippen molar-refractivity contribution in [1.82, 2.24) is 29.7 Å². The molecule has 0 saturated heterocycles. The fourth-order valence-corrected chi connectivity index (χ4v) is 5.36. The number of pyridine rings is 4. The molecule has 0 unspecified atom stereocenters. The van der Waals surface area contributed by atoms with E-state index in [2.05, 4.69) is 29.7 Å². The van der Waals surface area contributed by atoms with Gasteiger partial charge in [-0.05, 0) is 73.5 Å². The van der Waals surface area contributed by atoms with E-state index in [-0.39, 0.29) is 45.6 Å². The molecule has 2 aromatic carbocycles. The molecule has 8 nitrogen and oxygen atoms in total. The summed E-state index contributed by atoms with van der Waals surface area (Å²) in [5.41, 5.74) is 7.73. The zero-order chi connectivity index (χ0) is 46.4. The minimum atomic E-state index is -10.7. The van der Waals surface area contributed by atoms with E-state index in [1.807, 2.05) is 111 Å². The maximum Gasteiger partial charge on any atom is 2.00 e. The summed E-state index contributed by atoms with van der Waals surface area (Å²) in [5, 5.41) is 24.3. The Labute approximate surface area is 382 Å². The molecule has 0 saturated carbocycles. The Kier molecular flexibility index (Phi) is 20.0. The van der Waals surface area contributed by atoms with Gasteiger partial charge >= 0.3 is 100 Å². The molecule has 24 heteroatoms.